The van der Waals surface area contributed by atoms with Crippen LogP contribution in [0.1, 0.15) is 6.92 Å². The summed E-state index contributed by atoms with van der Waals surface area (Å²) in [4.78, 5) is 0.869. The van der Waals surface area contributed by atoms with E-state index in [0.717, 1.165) is 10.6 Å². The first-order valence-corrected chi connectivity index (χ1v) is 3.87. The Labute approximate surface area is 72.0 Å². The second kappa shape index (κ2) is 4.09. The van der Waals surface area contributed by atoms with Crippen molar-refractivity contribution in [3.63, 3.8) is 0 Å². The lowest BCUT2D eigenvalue weighted by atomic mass is 10.3. The molecule has 0 N–H and O–H groups in total. The first kappa shape index (κ1) is 8.21. The molecule has 0 saturated heterocycles. The van der Waals surface area contributed by atoms with Gasteiger partial charge in [0.2, 0.25) is 0 Å². The third-order valence-corrected chi connectivity index (χ3v) is 1.30. The van der Waals surface area contributed by atoms with E-state index in [9.17, 15) is 0 Å². The summed E-state index contributed by atoms with van der Waals surface area (Å²) in [5, 5.41) is 0. The van der Waals surface area contributed by atoms with Crippen molar-refractivity contribution in [3.05, 3.63) is 30.3 Å². The van der Waals surface area contributed by atoms with Crippen LogP contribution in [0.2, 0.25) is 0 Å². The largest absolute Gasteiger partial charge is 0.488 e. The molecule has 0 aliphatic rings. The molecule has 0 atom stereocenters. The van der Waals surface area contributed by atoms with Gasteiger partial charge in [-0.2, -0.15) is 0 Å². The highest BCUT2D eigenvalue weighted by Gasteiger charge is 1.90. The fourth-order valence-electron chi connectivity index (χ4n) is 0.702. The quantitative estimate of drug-likeness (QED) is 0.638. The van der Waals surface area contributed by atoms with Crippen molar-refractivity contribution in [2.24, 2.45) is 0 Å². The molecule has 0 spiro atoms. The molecule has 0 unspecified atom stereocenters. The number of ether oxygens (including phenoxy) is 1. The maximum absolute atomic E-state index is 5.33. The molecule has 11 heavy (non-hydrogen) atoms. The van der Waals surface area contributed by atoms with E-state index < -0.39 is 0 Å². The van der Waals surface area contributed by atoms with Crippen LogP contribution in [0.25, 0.3) is 0 Å². The average molecular weight is 166 g/mol. The fraction of sp³-hybridized carbons (Fsp3) is 0.222. The van der Waals surface area contributed by atoms with Gasteiger partial charge in [-0.05, 0) is 19.1 Å². The normalized spacial score (nSPS) is 9.18. The lowest BCUT2D eigenvalue weighted by molar-refractivity contribution is 0.378. The maximum Gasteiger partial charge on any atom is 0.119 e. The van der Waals surface area contributed by atoms with Gasteiger partial charge in [0.05, 0.1) is 0 Å². The molecule has 0 aliphatic heterocycles. The summed E-state index contributed by atoms with van der Waals surface area (Å²) in [7, 11) is 0. The van der Waals surface area contributed by atoms with Crippen LogP contribution in [0.15, 0.2) is 30.3 Å². The van der Waals surface area contributed by atoms with Gasteiger partial charge in [0.25, 0.3) is 0 Å². The Morgan fingerprint density at radius 1 is 1.36 bits per heavy atom. The van der Waals surface area contributed by atoms with Gasteiger partial charge >= 0.3 is 0 Å². The van der Waals surface area contributed by atoms with E-state index >= 15 is 0 Å². The Morgan fingerprint density at radius 3 is 2.55 bits per heavy atom. The molecular weight excluding hydrogens is 156 g/mol. The fourth-order valence-corrected chi connectivity index (χ4v) is 0.761. The Kier molecular flexibility index (Phi) is 3.05. The summed E-state index contributed by atoms with van der Waals surface area (Å²) in [6.45, 7) is 2.40. The van der Waals surface area contributed by atoms with Crippen LogP contribution in [0.5, 0.6) is 5.75 Å². The molecule has 0 aliphatic carbocycles. The highest BCUT2D eigenvalue weighted by molar-refractivity contribution is 7.80. The molecule has 58 valence electrons. The van der Waals surface area contributed by atoms with Gasteiger partial charge in [0.15, 0.2) is 0 Å². The first-order valence-electron chi connectivity index (χ1n) is 3.46. The molecule has 0 saturated carbocycles. The Balaban J connectivity index is 2.45. The van der Waals surface area contributed by atoms with Crippen molar-refractivity contribution in [3.8, 4) is 5.75 Å². The molecule has 0 heterocycles. The van der Waals surface area contributed by atoms with Crippen LogP contribution in [-0.2, 0) is 0 Å². The summed E-state index contributed by atoms with van der Waals surface area (Å²) in [5.41, 5.74) is 0. The second-order valence-corrected chi connectivity index (χ2v) is 3.00. The number of hydrogen-bond acceptors (Lipinski definition) is 2. The summed E-state index contributed by atoms with van der Waals surface area (Å²) in [6, 6.07) is 9.66. The lowest BCUT2D eigenvalue weighted by Crippen LogP contribution is -2.04. The Hall–Kier alpha value is -0.890. The predicted octanol–water partition coefficient (Wildman–Crippen LogP) is 2.46. The van der Waals surface area contributed by atoms with Gasteiger partial charge < -0.3 is 4.74 Å². The van der Waals surface area contributed by atoms with E-state index in [1.54, 1.807) is 0 Å². The Bertz CT molecular complexity index is 231. The number of hydrogen-bond donors (Lipinski definition) is 0. The molecule has 0 radical (unpaired) electrons. The van der Waals surface area contributed by atoms with E-state index in [2.05, 4.69) is 0 Å². The monoisotopic (exact) mass is 166 g/mol. The van der Waals surface area contributed by atoms with Gasteiger partial charge in [0, 0.05) is 4.86 Å². The molecule has 0 bridgehead atoms. The highest BCUT2D eigenvalue weighted by atomic mass is 32.1. The van der Waals surface area contributed by atoms with Crippen molar-refractivity contribution in [2.45, 2.75) is 6.92 Å². The van der Waals surface area contributed by atoms with Crippen molar-refractivity contribution in [2.75, 3.05) is 6.61 Å². The van der Waals surface area contributed by atoms with Crippen molar-refractivity contribution in [1.29, 1.82) is 0 Å². The second-order valence-electron chi connectivity index (χ2n) is 2.30. The molecule has 0 fully saturated rings. The number of rotatable bonds is 3. The van der Waals surface area contributed by atoms with Crippen molar-refractivity contribution >= 4 is 17.1 Å². The number of thiocarbonyl (C=S) groups is 1. The average Bonchev–Trinajstić information content (AvgIpc) is 2.03. The van der Waals surface area contributed by atoms with E-state index in [0.29, 0.717) is 6.61 Å². The third kappa shape index (κ3) is 3.14. The molecule has 1 rings (SSSR count). The predicted molar refractivity (Wildman–Crippen MR) is 50.2 cm³/mol. The van der Waals surface area contributed by atoms with E-state index in [-0.39, 0.29) is 0 Å². The topological polar surface area (TPSA) is 9.23 Å². The van der Waals surface area contributed by atoms with Gasteiger partial charge in [-0.1, -0.05) is 30.4 Å². The highest BCUT2D eigenvalue weighted by Crippen LogP contribution is 2.07. The lowest BCUT2D eigenvalue weighted by Gasteiger charge is -2.02. The number of para-hydroxylation sites is 1. The molecule has 0 amide bonds. The zero-order valence-corrected chi connectivity index (χ0v) is 7.23. The smallest absolute Gasteiger partial charge is 0.119 e. The minimum Gasteiger partial charge on any atom is -0.488 e. The molecule has 0 aromatic heterocycles. The Morgan fingerprint density at radius 2 is 2.00 bits per heavy atom. The van der Waals surface area contributed by atoms with E-state index in [1.807, 2.05) is 37.3 Å². The molecule has 1 aromatic carbocycles. The molecule has 1 aromatic rings. The minimum absolute atomic E-state index is 0.527. The maximum atomic E-state index is 5.33. The zero-order valence-electron chi connectivity index (χ0n) is 6.41. The van der Waals surface area contributed by atoms with Crippen LogP contribution in [0.4, 0.5) is 0 Å². The molecule has 2 heteroatoms. The third-order valence-electron chi connectivity index (χ3n) is 1.19. The summed E-state index contributed by atoms with van der Waals surface area (Å²) in [6.07, 6.45) is 0. The van der Waals surface area contributed by atoms with Gasteiger partial charge in [-0.3, -0.25) is 0 Å². The van der Waals surface area contributed by atoms with Crippen molar-refractivity contribution < 1.29 is 4.74 Å². The summed E-state index contributed by atoms with van der Waals surface area (Å²) >= 11 is 4.87. The molecule has 1 nitrogen and oxygen atoms in total. The van der Waals surface area contributed by atoms with Crippen LogP contribution < -0.4 is 4.74 Å². The first-order chi connectivity index (χ1) is 5.29. The van der Waals surface area contributed by atoms with Gasteiger partial charge in [-0.15, -0.1) is 0 Å². The standard InChI is InChI=1S/C9H10OS/c1-8(11)7-10-9-5-3-2-4-6-9/h2-6H,7H2,1H3. The summed E-state index contributed by atoms with van der Waals surface area (Å²) < 4.78 is 5.33. The SMILES string of the molecule is CC(=S)COc1ccccc1. The van der Waals surface area contributed by atoms with Crippen LogP contribution in [0.3, 0.4) is 0 Å². The van der Waals surface area contributed by atoms with E-state index in [4.69, 9.17) is 17.0 Å². The van der Waals surface area contributed by atoms with Gasteiger partial charge in [-0.25, -0.2) is 0 Å². The van der Waals surface area contributed by atoms with Crippen LogP contribution >= 0.6 is 12.2 Å². The minimum atomic E-state index is 0.527. The summed E-state index contributed by atoms with van der Waals surface area (Å²) in [5.74, 6) is 0.872. The van der Waals surface area contributed by atoms with Crippen molar-refractivity contribution in [1.82, 2.24) is 0 Å². The number of benzene rings is 1. The molecular formula is C9H10OS. The van der Waals surface area contributed by atoms with Crippen LogP contribution in [0, 0.1) is 0 Å². The van der Waals surface area contributed by atoms with E-state index in [1.165, 1.54) is 0 Å². The van der Waals surface area contributed by atoms with Gasteiger partial charge in [0.1, 0.15) is 12.4 Å². The van der Waals surface area contributed by atoms with Crippen LogP contribution in [-0.4, -0.2) is 11.5 Å². The zero-order chi connectivity index (χ0) is 8.10.